The predicted molar refractivity (Wildman–Crippen MR) is 52.3 cm³/mol. The third kappa shape index (κ3) is 2.35. The Kier molecular flexibility index (Phi) is 2.71. The van der Waals surface area contributed by atoms with E-state index in [9.17, 15) is 18.0 Å². The van der Waals surface area contributed by atoms with Gasteiger partial charge in [0.05, 0.1) is 5.56 Å². The van der Waals surface area contributed by atoms with E-state index in [-0.39, 0.29) is 11.5 Å². The number of nitrogens with zero attached hydrogens (tertiary/aromatic N) is 1. The molecule has 17 heavy (non-hydrogen) atoms. The lowest BCUT2D eigenvalue weighted by Crippen LogP contribution is -2.03. The zero-order chi connectivity index (χ0) is 12.5. The van der Waals surface area contributed by atoms with Crippen LogP contribution in [0.25, 0.3) is 11.3 Å². The van der Waals surface area contributed by atoms with Crippen molar-refractivity contribution in [2.75, 3.05) is 0 Å². The summed E-state index contributed by atoms with van der Waals surface area (Å²) in [7, 11) is 0. The van der Waals surface area contributed by atoms with Gasteiger partial charge >= 0.3 is 6.18 Å². The third-order valence-electron chi connectivity index (χ3n) is 2.15. The lowest BCUT2D eigenvalue weighted by molar-refractivity contribution is -0.137. The zero-order valence-electron chi connectivity index (χ0n) is 8.36. The number of aldehydes is 1. The quantitative estimate of drug-likeness (QED) is 0.758. The van der Waals surface area contributed by atoms with Crippen molar-refractivity contribution in [3.63, 3.8) is 0 Å². The van der Waals surface area contributed by atoms with E-state index in [0.29, 0.717) is 11.8 Å². The van der Waals surface area contributed by atoms with E-state index in [1.807, 2.05) is 0 Å². The molecule has 0 atom stereocenters. The second-order valence-corrected chi connectivity index (χ2v) is 3.31. The number of aromatic nitrogens is 1. The SMILES string of the molecule is O=Cc1cc(-c2ccc(C(F)(F)F)cc2)on1. The molecule has 1 aromatic carbocycles. The van der Waals surface area contributed by atoms with E-state index in [2.05, 4.69) is 5.16 Å². The van der Waals surface area contributed by atoms with Crippen molar-refractivity contribution >= 4 is 6.29 Å². The van der Waals surface area contributed by atoms with Gasteiger partial charge < -0.3 is 4.52 Å². The van der Waals surface area contributed by atoms with Crippen molar-refractivity contribution in [2.45, 2.75) is 6.18 Å². The van der Waals surface area contributed by atoms with Crippen LogP contribution in [0.15, 0.2) is 34.9 Å². The average molecular weight is 241 g/mol. The molecule has 0 fully saturated rings. The summed E-state index contributed by atoms with van der Waals surface area (Å²) in [6.45, 7) is 0. The molecule has 0 bridgehead atoms. The molecule has 0 N–H and O–H groups in total. The van der Waals surface area contributed by atoms with Crippen LogP contribution in [0.1, 0.15) is 16.1 Å². The van der Waals surface area contributed by atoms with Gasteiger partial charge in [-0.2, -0.15) is 13.2 Å². The molecule has 6 heteroatoms. The van der Waals surface area contributed by atoms with Crippen LogP contribution >= 0.6 is 0 Å². The summed E-state index contributed by atoms with van der Waals surface area (Å²) in [6, 6.07) is 5.77. The van der Waals surface area contributed by atoms with Crippen molar-refractivity contribution < 1.29 is 22.5 Å². The fourth-order valence-electron chi connectivity index (χ4n) is 1.30. The summed E-state index contributed by atoms with van der Waals surface area (Å²) in [4.78, 5) is 10.4. The number of halogens is 3. The van der Waals surface area contributed by atoms with Gasteiger partial charge in [0.15, 0.2) is 12.0 Å². The second-order valence-electron chi connectivity index (χ2n) is 3.31. The Balaban J connectivity index is 2.32. The zero-order valence-corrected chi connectivity index (χ0v) is 8.36. The fourth-order valence-corrected chi connectivity index (χ4v) is 1.30. The summed E-state index contributed by atoms with van der Waals surface area (Å²) in [6.07, 6.45) is -3.87. The molecule has 2 rings (SSSR count). The molecular weight excluding hydrogens is 235 g/mol. The van der Waals surface area contributed by atoms with Crippen LogP contribution in [0.5, 0.6) is 0 Å². The molecule has 1 heterocycles. The van der Waals surface area contributed by atoms with E-state index >= 15 is 0 Å². The second kappa shape index (κ2) is 4.04. The fraction of sp³-hybridized carbons (Fsp3) is 0.0909. The molecule has 1 aromatic heterocycles. The van der Waals surface area contributed by atoms with Gasteiger partial charge in [-0.15, -0.1) is 0 Å². The Labute approximate surface area is 93.8 Å². The van der Waals surface area contributed by atoms with Crippen LogP contribution < -0.4 is 0 Å². The first kappa shape index (κ1) is 11.4. The van der Waals surface area contributed by atoms with E-state index in [1.165, 1.54) is 18.2 Å². The van der Waals surface area contributed by atoms with Gasteiger partial charge in [-0.05, 0) is 12.1 Å². The van der Waals surface area contributed by atoms with Crippen LogP contribution in [-0.2, 0) is 6.18 Å². The van der Waals surface area contributed by atoms with Crippen molar-refractivity contribution in [3.05, 3.63) is 41.6 Å². The summed E-state index contributed by atoms with van der Waals surface area (Å²) in [5.41, 5.74) is -0.213. The number of hydrogen-bond acceptors (Lipinski definition) is 3. The lowest BCUT2D eigenvalue weighted by Gasteiger charge is -2.05. The average Bonchev–Trinajstić information content (AvgIpc) is 2.76. The maximum atomic E-state index is 12.3. The number of carbonyl (C=O) groups is 1. The number of benzene rings is 1. The molecule has 0 aliphatic carbocycles. The minimum Gasteiger partial charge on any atom is -0.356 e. The monoisotopic (exact) mass is 241 g/mol. The summed E-state index contributed by atoms with van der Waals surface area (Å²) >= 11 is 0. The predicted octanol–water partition coefficient (Wildman–Crippen LogP) is 3.17. The highest BCUT2D eigenvalue weighted by atomic mass is 19.4. The first-order chi connectivity index (χ1) is 8.00. The van der Waals surface area contributed by atoms with Gasteiger partial charge in [0.2, 0.25) is 0 Å². The molecule has 0 unspecified atom stereocenters. The molecule has 0 aliphatic heterocycles. The van der Waals surface area contributed by atoms with Crippen LogP contribution in [0.3, 0.4) is 0 Å². The Morgan fingerprint density at radius 3 is 2.29 bits per heavy atom. The molecule has 88 valence electrons. The molecule has 0 amide bonds. The standard InChI is InChI=1S/C11H6F3NO2/c12-11(13,14)8-3-1-7(2-4-8)10-5-9(6-16)15-17-10/h1-6H. The van der Waals surface area contributed by atoms with Crippen LogP contribution in [-0.4, -0.2) is 11.4 Å². The lowest BCUT2D eigenvalue weighted by atomic mass is 10.1. The molecule has 0 saturated carbocycles. The highest BCUT2D eigenvalue weighted by Gasteiger charge is 2.30. The number of alkyl halides is 3. The largest absolute Gasteiger partial charge is 0.416 e. The molecule has 0 aliphatic rings. The number of rotatable bonds is 2. The number of carbonyl (C=O) groups excluding carboxylic acids is 1. The van der Waals surface area contributed by atoms with Crippen LogP contribution in [0.4, 0.5) is 13.2 Å². The van der Waals surface area contributed by atoms with Gasteiger partial charge in [-0.3, -0.25) is 4.79 Å². The number of hydrogen-bond donors (Lipinski definition) is 0. The normalized spacial score (nSPS) is 11.5. The molecule has 0 saturated heterocycles. The summed E-state index contributed by atoms with van der Waals surface area (Å²) in [5.74, 6) is 0.251. The Morgan fingerprint density at radius 2 is 1.82 bits per heavy atom. The molecule has 0 radical (unpaired) electrons. The van der Waals surface area contributed by atoms with Crippen molar-refractivity contribution in [1.29, 1.82) is 0 Å². The van der Waals surface area contributed by atoms with E-state index < -0.39 is 11.7 Å². The van der Waals surface area contributed by atoms with Crippen molar-refractivity contribution in [1.82, 2.24) is 5.16 Å². The maximum absolute atomic E-state index is 12.3. The van der Waals surface area contributed by atoms with Gasteiger partial charge in [0, 0.05) is 11.6 Å². The first-order valence-corrected chi connectivity index (χ1v) is 4.60. The van der Waals surface area contributed by atoms with Crippen LogP contribution in [0, 0.1) is 0 Å². The third-order valence-corrected chi connectivity index (χ3v) is 2.15. The maximum Gasteiger partial charge on any atom is 0.416 e. The van der Waals surface area contributed by atoms with Gasteiger partial charge in [0.1, 0.15) is 5.69 Å². The highest BCUT2D eigenvalue weighted by Crippen LogP contribution is 2.30. The van der Waals surface area contributed by atoms with E-state index in [0.717, 1.165) is 12.1 Å². The van der Waals surface area contributed by atoms with Gasteiger partial charge in [-0.1, -0.05) is 17.3 Å². The minimum atomic E-state index is -4.37. The molecular formula is C11H6F3NO2. The molecule has 0 spiro atoms. The molecule has 3 nitrogen and oxygen atoms in total. The minimum absolute atomic E-state index is 0.0971. The summed E-state index contributed by atoms with van der Waals surface area (Å²) in [5, 5.41) is 3.42. The van der Waals surface area contributed by atoms with E-state index in [1.54, 1.807) is 0 Å². The Bertz CT molecular complexity index is 528. The smallest absolute Gasteiger partial charge is 0.356 e. The Hall–Kier alpha value is -2.11. The Morgan fingerprint density at radius 1 is 1.18 bits per heavy atom. The molecule has 2 aromatic rings. The first-order valence-electron chi connectivity index (χ1n) is 4.60. The van der Waals surface area contributed by atoms with Gasteiger partial charge in [0.25, 0.3) is 0 Å². The summed E-state index contributed by atoms with van der Waals surface area (Å²) < 4.78 is 41.7. The van der Waals surface area contributed by atoms with Gasteiger partial charge in [-0.25, -0.2) is 0 Å². The van der Waals surface area contributed by atoms with Crippen LogP contribution in [0.2, 0.25) is 0 Å². The highest BCUT2D eigenvalue weighted by molar-refractivity contribution is 5.74. The van der Waals surface area contributed by atoms with Crippen molar-refractivity contribution in [3.8, 4) is 11.3 Å². The topological polar surface area (TPSA) is 43.1 Å². The van der Waals surface area contributed by atoms with E-state index in [4.69, 9.17) is 4.52 Å². The van der Waals surface area contributed by atoms with Crippen molar-refractivity contribution in [2.24, 2.45) is 0 Å².